The minimum Gasteiger partial charge on any atom is -0.665 e. The number of rotatable bonds is 4. The summed E-state index contributed by atoms with van der Waals surface area (Å²) >= 11 is 0. The molecule has 0 aromatic rings. The fourth-order valence-corrected chi connectivity index (χ4v) is 7.05. The molecule has 0 saturated heterocycles. The zero-order valence-corrected chi connectivity index (χ0v) is 37.6. The summed E-state index contributed by atoms with van der Waals surface area (Å²) in [7, 11) is 0. The standard InChI is InChI=1S/4C11H18N.Zr/c4*1-7(2)11(12)6-8(3)9(4)10(11)5;/h4*6-7,12H,1-5H3;/q4*-1;+4. The molecule has 4 nitrogen and oxygen atoms in total. The SMILES string of the molecule is CC1=CC([NH-])(C(C)C)C(C)=C1C.CC1=CC([NH-])(C(C)C)C(C)=C1C.CC1=CC([NH-])(C(C)C)C(C)=C1C.CC1=CC([NH-])(C(C)C)C(C)=C1C.[Zr+4]. The van der Waals surface area contributed by atoms with Gasteiger partial charge in [0.05, 0.1) is 0 Å². The topological polar surface area (TPSA) is 95.2 Å². The van der Waals surface area contributed by atoms with Gasteiger partial charge in [-0.25, -0.2) is 0 Å². The van der Waals surface area contributed by atoms with Crippen LogP contribution in [0.15, 0.2) is 91.2 Å². The van der Waals surface area contributed by atoms with Crippen LogP contribution < -0.4 is 0 Å². The normalized spacial score (nSPS) is 29.5. The van der Waals surface area contributed by atoms with E-state index in [1.54, 1.807) is 0 Å². The van der Waals surface area contributed by atoms with E-state index in [1.807, 2.05) is 0 Å². The van der Waals surface area contributed by atoms with Crippen LogP contribution in [-0.2, 0) is 26.2 Å². The van der Waals surface area contributed by atoms with E-state index in [0.29, 0.717) is 23.7 Å². The zero-order chi connectivity index (χ0) is 38.1. The molecule has 4 N–H and O–H groups in total. The minimum atomic E-state index is -0.436. The van der Waals surface area contributed by atoms with Crippen molar-refractivity contribution in [2.75, 3.05) is 0 Å². The van der Waals surface area contributed by atoms with Crippen LogP contribution in [0.25, 0.3) is 22.9 Å². The Bertz CT molecular complexity index is 1260. The van der Waals surface area contributed by atoms with Gasteiger partial charge in [-0.15, -0.1) is 0 Å². The van der Waals surface area contributed by atoms with Gasteiger partial charge in [0.1, 0.15) is 0 Å². The maximum Gasteiger partial charge on any atom is 4.00 e. The summed E-state index contributed by atoms with van der Waals surface area (Å²) < 4.78 is 0. The van der Waals surface area contributed by atoms with Crippen molar-refractivity contribution in [3.8, 4) is 0 Å². The van der Waals surface area contributed by atoms with Crippen LogP contribution in [0, 0.1) is 23.7 Å². The molecule has 4 atom stereocenters. The van der Waals surface area contributed by atoms with Gasteiger partial charge in [0.2, 0.25) is 0 Å². The molecular formula is C44H72N4Zr. The van der Waals surface area contributed by atoms with Crippen molar-refractivity contribution in [3.05, 3.63) is 114 Å². The van der Waals surface area contributed by atoms with Gasteiger partial charge in [-0.1, -0.05) is 192 Å². The van der Waals surface area contributed by atoms with Gasteiger partial charge in [-0.2, -0.15) is 0 Å². The van der Waals surface area contributed by atoms with E-state index in [0.717, 1.165) is 0 Å². The third-order valence-corrected chi connectivity index (χ3v) is 12.5. The van der Waals surface area contributed by atoms with E-state index in [2.05, 4.69) is 163 Å². The van der Waals surface area contributed by atoms with Crippen molar-refractivity contribution in [3.63, 3.8) is 0 Å². The van der Waals surface area contributed by atoms with Gasteiger partial charge in [0.25, 0.3) is 0 Å². The van der Waals surface area contributed by atoms with Crippen LogP contribution in [0.4, 0.5) is 0 Å². The minimum absolute atomic E-state index is 0. The second-order valence-electron chi connectivity index (χ2n) is 16.4. The summed E-state index contributed by atoms with van der Waals surface area (Å²) in [6.07, 6.45) is 8.34. The van der Waals surface area contributed by atoms with Gasteiger partial charge >= 0.3 is 26.2 Å². The fraction of sp³-hybridized carbons (Fsp3) is 0.636. The second-order valence-corrected chi connectivity index (χ2v) is 16.4. The Morgan fingerprint density at radius 2 is 0.449 bits per heavy atom. The Labute approximate surface area is 323 Å². The zero-order valence-electron chi connectivity index (χ0n) is 35.1. The Kier molecular flexibility index (Phi) is 17.0. The van der Waals surface area contributed by atoms with E-state index in [9.17, 15) is 0 Å². The Morgan fingerprint density at radius 1 is 0.327 bits per heavy atom. The summed E-state index contributed by atoms with van der Waals surface area (Å²) in [6, 6.07) is 0. The third kappa shape index (κ3) is 9.55. The monoisotopic (exact) mass is 746 g/mol. The molecule has 4 rings (SSSR count). The molecule has 0 fully saturated rings. The van der Waals surface area contributed by atoms with Crippen molar-refractivity contribution in [2.45, 2.75) is 161 Å². The van der Waals surface area contributed by atoms with Gasteiger partial charge in [0, 0.05) is 0 Å². The van der Waals surface area contributed by atoms with E-state index >= 15 is 0 Å². The van der Waals surface area contributed by atoms with Crippen molar-refractivity contribution in [1.29, 1.82) is 0 Å². The van der Waals surface area contributed by atoms with E-state index in [1.165, 1.54) is 66.9 Å². The third-order valence-electron chi connectivity index (χ3n) is 12.5. The van der Waals surface area contributed by atoms with Gasteiger partial charge in [-0.3, -0.25) is 0 Å². The summed E-state index contributed by atoms with van der Waals surface area (Å²) in [5, 5.41) is 0. The van der Waals surface area contributed by atoms with E-state index in [4.69, 9.17) is 22.9 Å². The maximum absolute atomic E-state index is 8.27. The smallest absolute Gasteiger partial charge is 0.665 e. The summed E-state index contributed by atoms with van der Waals surface area (Å²) in [5.41, 5.74) is 46.5. The molecule has 0 spiro atoms. The van der Waals surface area contributed by atoms with Crippen LogP contribution in [0.1, 0.15) is 138 Å². The number of nitrogens with one attached hydrogen (secondary N) is 4. The van der Waals surface area contributed by atoms with E-state index in [-0.39, 0.29) is 26.2 Å². The van der Waals surface area contributed by atoms with Crippen molar-refractivity contribution in [1.82, 2.24) is 0 Å². The van der Waals surface area contributed by atoms with Crippen LogP contribution in [0.2, 0.25) is 0 Å². The van der Waals surface area contributed by atoms with Crippen LogP contribution in [0.3, 0.4) is 0 Å². The van der Waals surface area contributed by atoms with Crippen molar-refractivity contribution < 1.29 is 26.2 Å². The molecule has 4 aliphatic carbocycles. The molecule has 5 heteroatoms. The Balaban J connectivity index is 0.000000623. The predicted molar refractivity (Wildman–Crippen MR) is 216 cm³/mol. The number of hydrogen-bond donors (Lipinski definition) is 0. The molecule has 4 unspecified atom stereocenters. The molecule has 272 valence electrons. The molecule has 0 bridgehead atoms. The first-order valence-electron chi connectivity index (χ1n) is 18.1. The molecule has 0 aromatic carbocycles. The summed E-state index contributed by atoms with van der Waals surface area (Å²) in [4.78, 5) is 0. The average molecular weight is 748 g/mol. The first-order chi connectivity index (χ1) is 21.6. The molecular weight excluding hydrogens is 676 g/mol. The molecule has 0 aliphatic heterocycles. The average Bonchev–Trinajstić information content (AvgIpc) is 3.51. The van der Waals surface area contributed by atoms with Crippen LogP contribution in [0.5, 0.6) is 0 Å². The molecule has 0 amide bonds. The molecule has 0 radical (unpaired) electrons. The number of allylic oxidation sites excluding steroid dienone is 8. The van der Waals surface area contributed by atoms with Gasteiger partial charge in [0.15, 0.2) is 0 Å². The molecule has 49 heavy (non-hydrogen) atoms. The maximum atomic E-state index is 8.27. The van der Waals surface area contributed by atoms with Crippen LogP contribution in [-0.4, -0.2) is 22.2 Å². The van der Waals surface area contributed by atoms with Gasteiger partial charge < -0.3 is 22.9 Å². The first-order valence-corrected chi connectivity index (χ1v) is 18.1. The predicted octanol–water partition coefficient (Wildman–Crippen LogP) is 14.9. The van der Waals surface area contributed by atoms with Crippen molar-refractivity contribution >= 4 is 0 Å². The van der Waals surface area contributed by atoms with Crippen molar-refractivity contribution in [2.24, 2.45) is 23.7 Å². The van der Waals surface area contributed by atoms with E-state index < -0.39 is 22.2 Å². The summed E-state index contributed by atoms with van der Waals surface area (Å²) in [5.74, 6) is 1.46. The molecule has 0 aromatic heterocycles. The Morgan fingerprint density at radius 3 is 0.490 bits per heavy atom. The van der Waals surface area contributed by atoms with Gasteiger partial charge in [-0.05, 0) is 83.1 Å². The second kappa shape index (κ2) is 17.4. The fourth-order valence-electron chi connectivity index (χ4n) is 7.05. The molecule has 4 aliphatic rings. The largest absolute Gasteiger partial charge is 4.00 e. The summed E-state index contributed by atoms with van der Waals surface area (Å²) in [6.45, 7) is 42.0. The molecule has 0 heterocycles. The number of hydrogen-bond acceptors (Lipinski definition) is 0. The first kappa shape index (κ1) is 47.6. The quantitative estimate of drug-likeness (QED) is 0.274. The Hall–Kier alpha value is -1.36. The molecule has 0 saturated carbocycles. The van der Waals surface area contributed by atoms with Crippen LogP contribution >= 0.6 is 0 Å².